The van der Waals surface area contributed by atoms with Gasteiger partial charge >= 0.3 is 12.1 Å². The molecule has 1 rings (SSSR count). The number of rotatable bonds is 1. The molecule has 0 N–H and O–H groups in total. The van der Waals surface area contributed by atoms with Crippen molar-refractivity contribution in [3.8, 4) is 6.07 Å². The summed E-state index contributed by atoms with van der Waals surface area (Å²) in [5.74, 6) is -0.953. The average Bonchev–Trinajstić information content (AvgIpc) is 2.26. The van der Waals surface area contributed by atoms with Crippen molar-refractivity contribution < 1.29 is 22.7 Å². The number of alkyl halides is 3. The first-order valence-electron chi connectivity index (χ1n) is 3.95. The van der Waals surface area contributed by atoms with Gasteiger partial charge in [0.1, 0.15) is 6.07 Å². The molecule has 0 unspecified atom stereocenters. The molecule has 84 valence electrons. The molecular formula is C9H5F3N2O2. The van der Waals surface area contributed by atoms with Crippen LogP contribution in [-0.2, 0) is 10.9 Å². The van der Waals surface area contributed by atoms with Crippen LogP contribution < -0.4 is 0 Å². The van der Waals surface area contributed by atoms with E-state index in [4.69, 9.17) is 5.26 Å². The number of aromatic nitrogens is 1. The number of nitrogens with zero attached hydrogens (tertiary/aromatic N) is 2. The van der Waals surface area contributed by atoms with Gasteiger partial charge in [-0.2, -0.15) is 18.4 Å². The normalized spacial score (nSPS) is 10.7. The summed E-state index contributed by atoms with van der Waals surface area (Å²) in [5.41, 5.74) is -1.99. The highest BCUT2D eigenvalue weighted by Gasteiger charge is 2.32. The van der Waals surface area contributed by atoms with E-state index >= 15 is 0 Å². The Bertz CT molecular complexity index is 463. The van der Waals surface area contributed by atoms with Crippen LogP contribution in [0, 0.1) is 11.3 Å². The number of hydrogen-bond acceptors (Lipinski definition) is 4. The van der Waals surface area contributed by atoms with Crippen LogP contribution in [0.2, 0.25) is 0 Å². The van der Waals surface area contributed by atoms with Gasteiger partial charge in [-0.3, -0.25) is 0 Å². The quantitative estimate of drug-likeness (QED) is 0.689. The van der Waals surface area contributed by atoms with Crippen LogP contribution in [0.5, 0.6) is 0 Å². The van der Waals surface area contributed by atoms with Gasteiger partial charge in [-0.05, 0) is 6.07 Å². The summed E-state index contributed by atoms with van der Waals surface area (Å²) in [4.78, 5) is 14.3. The van der Waals surface area contributed by atoms with E-state index < -0.39 is 29.0 Å². The summed E-state index contributed by atoms with van der Waals surface area (Å²) >= 11 is 0. The fourth-order valence-corrected chi connectivity index (χ4v) is 0.964. The minimum absolute atomic E-state index is 0.432. The Hall–Kier alpha value is -2.10. The molecule has 7 heteroatoms. The lowest BCUT2D eigenvalue weighted by Crippen LogP contribution is -2.11. The molecule has 4 nitrogen and oxygen atoms in total. The van der Waals surface area contributed by atoms with Crippen LogP contribution in [0.15, 0.2) is 12.3 Å². The number of halogens is 3. The zero-order valence-electron chi connectivity index (χ0n) is 8.00. The van der Waals surface area contributed by atoms with E-state index in [2.05, 4.69) is 9.72 Å². The summed E-state index contributed by atoms with van der Waals surface area (Å²) < 4.78 is 41.0. The Morgan fingerprint density at radius 2 is 2.19 bits per heavy atom. The van der Waals surface area contributed by atoms with Gasteiger partial charge in [0.15, 0.2) is 5.69 Å². The molecule has 0 bridgehead atoms. The molecule has 0 aromatic carbocycles. The van der Waals surface area contributed by atoms with Crippen molar-refractivity contribution in [2.24, 2.45) is 0 Å². The number of esters is 1. The Balaban J connectivity index is 3.29. The van der Waals surface area contributed by atoms with E-state index in [1.165, 1.54) is 6.07 Å². The van der Waals surface area contributed by atoms with Gasteiger partial charge < -0.3 is 4.74 Å². The third kappa shape index (κ3) is 2.28. The van der Waals surface area contributed by atoms with E-state index in [0.717, 1.165) is 7.11 Å². The minimum atomic E-state index is -4.60. The predicted molar refractivity (Wildman–Crippen MR) is 45.3 cm³/mol. The van der Waals surface area contributed by atoms with E-state index in [1.54, 1.807) is 0 Å². The van der Waals surface area contributed by atoms with E-state index in [-0.39, 0.29) is 0 Å². The molecule has 1 aromatic heterocycles. The van der Waals surface area contributed by atoms with Gasteiger partial charge in [-0.15, -0.1) is 0 Å². The first-order valence-corrected chi connectivity index (χ1v) is 3.95. The molecular weight excluding hydrogens is 225 g/mol. The molecule has 0 atom stereocenters. The summed E-state index contributed by atoms with van der Waals surface area (Å²) in [6.07, 6.45) is -4.12. The van der Waals surface area contributed by atoms with Crippen molar-refractivity contribution in [3.63, 3.8) is 0 Å². The van der Waals surface area contributed by atoms with Gasteiger partial charge in [0, 0.05) is 6.20 Å². The predicted octanol–water partition coefficient (Wildman–Crippen LogP) is 1.76. The lowest BCUT2D eigenvalue weighted by atomic mass is 10.1. The molecule has 0 fully saturated rings. The number of pyridine rings is 1. The van der Waals surface area contributed by atoms with Crippen LogP contribution >= 0.6 is 0 Å². The van der Waals surface area contributed by atoms with Crippen molar-refractivity contribution in [3.05, 3.63) is 29.1 Å². The Morgan fingerprint density at radius 3 is 2.62 bits per heavy atom. The second kappa shape index (κ2) is 4.18. The van der Waals surface area contributed by atoms with Crippen LogP contribution in [0.1, 0.15) is 21.6 Å². The maximum Gasteiger partial charge on any atom is 0.417 e. The first kappa shape index (κ1) is 12.0. The number of hydrogen-bond donors (Lipinski definition) is 0. The number of nitriles is 1. The highest BCUT2D eigenvalue weighted by atomic mass is 19.4. The molecule has 0 aliphatic heterocycles. The smallest absolute Gasteiger partial charge is 0.417 e. The van der Waals surface area contributed by atoms with Crippen LogP contribution in [0.25, 0.3) is 0 Å². The maximum atomic E-state index is 12.3. The standard InChI is InChI=1S/C9H5F3N2O2/c1-16-8(15)7-5(3-13)2-6(4-14-7)9(10,11)12/h2,4H,1H3. The van der Waals surface area contributed by atoms with Gasteiger partial charge in [-0.25, -0.2) is 9.78 Å². The van der Waals surface area contributed by atoms with Crippen LogP contribution in [0.4, 0.5) is 13.2 Å². The van der Waals surface area contributed by atoms with Crippen molar-refractivity contribution in [1.82, 2.24) is 4.98 Å². The van der Waals surface area contributed by atoms with E-state index in [1.807, 2.05) is 0 Å². The third-order valence-electron chi connectivity index (χ3n) is 1.71. The molecule has 1 aromatic rings. The van der Waals surface area contributed by atoms with Gasteiger partial charge in [-0.1, -0.05) is 0 Å². The highest BCUT2D eigenvalue weighted by Crippen LogP contribution is 2.29. The molecule has 0 aliphatic rings. The fraction of sp³-hybridized carbons (Fsp3) is 0.222. The number of carbonyl (C=O) groups is 1. The number of carbonyl (C=O) groups excluding carboxylic acids is 1. The van der Waals surface area contributed by atoms with Gasteiger partial charge in [0.2, 0.25) is 0 Å². The number of methoxy groups -OCH3 is 1. The molecule has 0 saturated heterocycles. The SMILES string of the molecule is COC(=O)c1ncc(C(F)(F)F)cc1C#N. The molecule has 0 radical (unpaired) electrons. The Kier molecular flexibility index (Phi) is 3.13. The minimum Gasteiger partial charge on any atom is -0.464 e. The highest BCUT2D eigenvalue weighted by molar-refractivity contribution is 5.89. The van der Waals surface area contributed by atoms with Crippen molar-refractivity contribution in [2.75, 3.05) is 7.11 Å². The third-order valence-corrected chi connectivity index (χ3v) is 1.71. The molecule has 0 saturated carbocycles. The largest absolute Gasteiger partial charge is 0.464 e. The number of ether oxygens (including phenoxy) is 1. The molecule has 0 aliphatic carbocycles. The fourth-order valence-electron chi connectivity index (χ4n) is 0.964. The molecule has 0 spiro atoms. The lowest BCUT2D eigenvalue weighted by Gasteiger charge is -2.07. The van der Waals surface area contributed by atoms with Crippen molar-refractivity contribution in [2.45, 2.75) is 6.18 Å². The van der Waals surface area contributed by atoms with Gasteiger partial charge in [0.05, 0.1) is 18.2 Å². The monoisotopic (exact) mass is 230 g/mol. The summed E-state index contributed by atoms with van der Waals surface area (Å²) in [6, 6.07) is 2.01. The summed E-state index contributed by atoms with van der Waals surface area (Å²) in [6.45, 7) is 0. The zero-order valence-corrected chi connectivity index (χ0v) is 8.00. The molecule has 16 heavy (non-hydrogen) atoms. The summed E-state index contributed by atoms with van der Waals surface area (Å²) in [5, 5.41) is 8.59. The average molecular weight is 230 g/mol. The topological polar surface area (TPSA) is 63.0 Å². The first-order chi connectivity index (χ1) is 7.40. The van der Waals surface area contributed by atoms with E-state index in [0.29, 0.717) is 12.3 Å². The van der Waals surface area contributed by atoms with Gasteiger partial charge in [0.25, 0.3) is 0 Å². The van der Waals surface area contributed by atoms with E-state index in [9.17, 15) is 18.0 Å². The molecule has 1 heterocycles. The zero-order chi connectivity index (χ0) is 12.3. The Labute approximate surface area is 88.3 Å². The van der Waals surface area contributed by atoms with Crippen molar-refractivity contribution >= 4 is 5.97 Å². The second-order valence-corrected chi connectivity index (χ2v) is 2.72. The maximum absolute atomic E-state index is 12.3. The van der Waals surface area contributed by atoms with Crippen molar-refractivity contribution in [1.29, 1.82) is 5.26 Å². The molecule has 0 amide bonds. The Morgan fingerprint density at radius 1 is 1.56 bits per heavy atom. The second-order valence-electron chi connectivity index (χ2n) is 2.72. The summed E-state index contributed by atoms with van der Waals surface area (Å²) in [7, 11) is 1.04. The van der Waals surface area contributed by atoms with Crippen LogP contribution in [0.3, 0.4) is 0 Å². The van der Waals surface area contributed by atoms with Crippen LogP contribution in [-0.4, -0.2) is 18.1 Å². The lowest BCUT2D eigenvalue weighted by molar-refractivity contribution is -0.137.